The molecule has 1 unspecified atom stereocenters. The maximum absolute atomic E-state index is 10.1. The van der Waals surface area contributed by atoms with Gasteiger partial charge < -0.3 is 29.4 Å². The first-order chi connectivity index (χ1) is 6.56. The Labute approximate surface area is 81.6 Å². The minimum Gasteiger partial charge on any atom is -0.409 e. The molecule has 0 aromatic carbocycles. The molecule has 0 spiro atoms. The summed E-state index contributed by atoms with van der Waals surface area (Å²) in [7, 11) is -0.449. The minimum absolute atomic E-state index is 0.130. The fourth-order valence-electron chi connectivity index (χ4n) is 1.24. The highest BCUT2D eigenvalue weighted by molar-refractivity contribution is 6.43. The van der Waals surface area contributed by atoms with Gasteiger partial charge in [-0.1, -0.05) is 0 Å². The van der Waals surface area contributed by atoms with E-state index in [0.29, 0.717) is 0 Å². The highest BCUT2D eigenvalue weighted by Crippen LogP contribution is 2.15. The summed E-state index contributed by atoms with van der Waals surface area (Å²) in [6.07, 6.45) is -5.04. The fraction of sp³-hybridized carbons (Fsp3) is 0.857. The molecular weight excluding hydrogens is 191 g/mol. The molecule has 0 amide bonds. The van der Waals surface area contributed by atoms with Crippen LogP contribution in [0.5, 0.6) is 0 Å². The van der Waals surface area contributed by atoms with Gasteiger partial charge in [-0.15, -0.1) is 0 Å². The molecule has 6 nitrogen and oxygen atoms in total. The van der Waals surface area contributed by atoms with E-state index < -0.39 is 31.5 Å². The molecule has 1 aliphatic heterocycles. The van der Waals surface area contributed by atoms with Crippen LogP contribution in [0, 0.1) is 0 Å². The molecular formula is C7H13BO6. The number of rotatable bonds is 4. The molecule has 0 aromatic heterocycles. The second-order valence-corrected chi connectivity index (χ2v) is 3.18. The molecule has 1 saturated heterocycles. The van der Waals surface area contributed by atoms with E-state index in [9.17, 15) is 15.0 Å². The molecule has 4 atom stereocenters. The van der Waals surface area contributed by atoms with Crippen molar-refractivity contribution in [2.75, 3.05) is 6.61 Å². The normalized spacial score (nSPS) is 28.6. The molecule has 14 heavy (non-hydrogen) atoms. The van der Waals surface area contributed by atoms with Crippen molar-refractivity contribution in [2.45, 2.75) is 31.2 Å². The van der Waals surface area contributed by atoms with Gasteiger partial charge in [0.25, 0.3) is 0 Å². The third-order valence-corrected chi connectivity index (χ3v) is 2.08. The summed E-state index contributed by atoms with van der Waals surface area (Å²) < 4.78 is 10.1. The molecule has 3 N–H and O–H groups in total. The SMILES string of the molecule is CB1OCC([C@@H](O)[C@H](O)[C@H](O)C=O)O1. The van der Waals surface area contributed by atoms with Crippen molar-refractivity contribution in [2.24, 2.45) is 0 Å². The number of hydrogen-bond donors (Lipinski definition) is 3. The summed E-state index contributed by atoms with van der Waals surface area (Å²) in [4.78, 5) is 10.1. The summed E-state index contributed by atoms with van der Waals surface area (Å²) in [5.41, 5.74) is 0. The van der Waals surface area contributed by atoms with Crippen molar-refractivity contribution in [3.8, 4) is 0 Å². The second kappa shape index (κ2) is 4.85. The first-order valence-electron chi connectivity index (χ1n) is 4.33. The van der Waals surface area contributed by atoms with Gasteiger partial charge in [-0.05, 0) is 6.82 Å². The molecule has 0 bridgehead atoms. The zero-order valence-electron chi connectivity index (χ0n) is 7.74. The van der Waals surface area contributed by atoms with Gasteiger partial charge >= 0.3 is 7.12 Å². The monoisotopic (exact) mass is 204 g/mol. The smallest absolute Gasteiger partial charge is 0.409 e. The molecule has 1 rings (SSSR count). The van der Waals surface area contributed by atoms with Crippen LogP contribution in [0.1, 0.15) is 0 Å². The third-order valence-electron chi connectivity index (χ3n) is 2.08. The van der Waals surface area contributed by atoms with Crippen molar-refractivity contribution in [1.82, 2.24) is 0 Å². The molecule has 0 radical (unpaired) electrons. The van der Waals surface area contributed by atoms with Crippen molar-refractivity contribution >= 4 is 13.4 Å². The average molecular weight is 204 g/mol. The Morgan fingerprint density at radius 2 is 2.14 bits per heavy atom. The Kier molecular flexibility index (Phi) is 4.03. The van der Waals surface area contributed by atoms with Crippen LogP contribution in [0.3, 0.4) is 0 Å². The van der Waals surface area contributed by atoms with Crippen LogP contribution < -0.4 is 0 Å². The molecule has 80 valence electrons. The van der Waals surface area contributed by atoms with E-state index in [1.54, 1.807) is 6.82 Å². The molecule has 0 aliphatic carbocycles. The van der Waals surface area contributed by atoms with Crippen LogP contribution in [0.4, 0.5) is 0 Å². The lowest BCUT2D eigenvalue weighted by atomic mass is 9.96. The molecule has 0 aromatic rings. The van der Waals surface area contributed by atoms with Crippen molar-refractivity contribution in [1.29, 1.82) is 0 Å². The summed E-state index contributed by atoms with van der Waals surface area (Å²) in [5, 5.41) is 27.7. The molecule has 1 fully saturated rings. The van der Waals surface area contributed by atoms with E-state index in [1.165, 1.54) is 0 Å². The molecule has 1 aliphatic rings. The zero-order valence-corrected chi connectivity index (χ0v) is 7.74. The van der Waals surface area contributed by atoms with Gasteiger partial charge in [0.05, 0.1) is 12.7 Å². The van der Waals surface area contributed by atoms with Crippen molar-refractivity contribution < 1.29 is 29.4 Å². The molecule has 0 saturated carbocycles. The van der Waals surface area contributed by atoms with Crippen LogP contribution in [-0.4, -0.2) is 59.7 Å². The van der Waals surface area contributed by atoms with Gasteiger partial charge in [0.1, 0.15) is 18.3 Å². The Morgan fingerprint density at radius 1 is 1.50 bits per heavy atom. The predicted octanol–water partition coefficient (Wildman–Crippen LogP) is -2.20. The van der Waals surface area contributed by atoms with Gasteiger partial charge in [-0.2, -0.15) is 0 Å². The number of hydrogen-bond acceptors (Lipinski definition) is 6. The Morgan fingerprint density at radius 3 is 2.57 bits per heavy atom. The van der Waals surface area contributed by atoms with Gasteiger partial charge in [0, 0.05) is 0 Å². The van der Waals surface area contributed by atoms with E-state index in [2.05, 4.69) is 0 Å². The van der Waals surface area contributed by atoms with Crippen molar-refractivity contribution in [3.63, 3.8) is 0 Å². The average Bonchev–Trinajstić information content (AvgIpc) is 2.61. The Hall–Kier alpha value is -0.465. The van der Waals surface area contributed by atoms with E-state index >= 15 is 0 Å². The van der Waals surface area contributed by atoms with E-state index in [4.69, 9.17) is 14.4 Å². The van der Waals surface area contributed by atoms with E-state index in [0.717, 1.165) is 0 Å². The van der Waals surface area contributed by atoms with E-state index in [1.807, 2.05) is 0 Å². The largest absolute Gasteiger partial charge is 0.453 e. The minimum atomic E-state index is -1.61. The first-order valence-corrected chi connectivity index (χ1v) is 4.33. The van der Waals surface area contributed by atoms with E-state index in [-0.39, 0.29) is 12.9 Å². The fourth-order valence-corrected chi connectivity index (χ4v) is 1.24. The predicted molar refractivity (Wildman–Crippen MR) is 46.5 cm³/mol. The maximum atomic E-state index is 10.1. The topological polar surface area (TPSA) is 96.2 Å². The molecule has 7 heteroatoms. The number of aldehydes is 1. The quantitative estimate of drug-likeness (QED) is 0.355. The maximum Gasteiger partial charge on any atom is 0.453 e. The van der Waals surface area contributed by atoms with Crippen molar-refractivity contribution in [3.05, 3.63) is 0 Å². The van der Waals surface area contributed by atoms with Crippen LogP contribution in [0.2, 0.25) is 6.82 Å². The van der Waals surface area contributed by atoms with Crippen LogP contribution in [-0.2, 0) is 14.1 Å². The number of aliphatic hydroxyl groups excluding tert-OH is 3. The highest BCUT2D eigenvalue weighted by atomic mass is 16.6. The van der Waals surface area contributed by atoms with Crippen LogP contribution in [0.25, 0.3) is 0 Å². The first kappa shape index (κ1) is 11.6. The molecule has 1 heterocycles. The van der Waals surface area contributed by atoms with Gasteiger partial charge in [0.2, 0.25) is 0 Å². The number of aliphatic hydroxyl groups is 3. The van der Waals surface area contributed by atoms with Crippen LogP contribution in [0.15, 0.2) is 0 Å². The van der Waals surface area contributed by atoms with Gasteiger partial charge in [-0.25, -0.2) is 0 Å². The highest BCUT2D eigenvalue weighted by Gasteiger charge is 2.37. The Bertz CT molecular complexity index is 201. The summed E-state index contributed by atoms with van der Waals surface area (Å²) in [6.45, 7) is 1.78. The summed E-state index contributed by atoms with van der Waals surface area (Å²) in [6, 6.07) is 0. The zero-order chi connectivity index (χ0) is 10.7. The lowest BCUT2D eigenvalue weighted by molar-refractivity contribution is -0.131. The third kappa shape index (κ3) is 2.52. The summed E-state index contributed by atoms with van der Waals surface area (Å²) in [5.74, 6) is 0. The van der Waals surface area contributed by atoms with Crippen LogP contribution >= 0.6 is 0 Å². The standard InChI is InChI=1S/C7H13BO6/c1-8-13-3-5(14-8)7(12)6(11)4(10)2-9/h2,4-7,10-12H,3H2,1H3/t4-,5?,6-,7-/m1/s1. The lowest BCUT2D eigenvalue weighted by Gasteiger charge is -2.23. The Balaban J connectivity index is 2.47. The lowest BCUT2D eigenvalue weighted by Crippen LogP contribution is -2.46. The van der Waals surface area contributed by atoms with Gasteiger partial charge in [0.15, 0.2) is 6.29 Å². The number of carbonyl (C=O) groups excluding carboxylic acids is 1. The van der Waals surface area contributed by atoms with Gasteiger partial charge in [-0.3, -0.25) is 0 Å². The number of carbonyl (C=O) groups is 1. The second-order valence-electron chi connectivity index (χ2n) is 3.18. The summed E-state index contributed by atoms with van der Waals surface area (Å²) >= 11 is 0.